The molecule has 0 amide bonds. The van der Waals surface area contributed by atoms with E-state index in [2.05, 4.69) is 343 Å². The fourth-order valence-electron chi connectivity index (χ4n) is 14.6. The molecule has 0 aliphatic carbocycles. The number of hydrogen-bond donors (Lipinski definition) is 0. The predicted octanol–water partition coefficient (Wildman–Crippen LogP) is 25.2. The zero-order chi connectivity index (χ0) is 86.1. The highest BCUT2D eigenvalue weighted by Gasteiger charge is 2.37. The molecule has 0 spiro atoms. The Hall–Kier alpha value is -7.96. The van der Waals surface area contributed by atoms with E-state index in [0.29, 0.717) is 12.2 Å². The lowest BCUT2D eigenvalue weighted by Crippen LogP contribution is -2.37. The second-order valence-electron chi connectivity index (χ2n) is 36.0. The van der Waals surface area contributed by atoms with E-state index in [9.17, 15) is 0 Å². The van der Waals surface area contributed by atoms with Crippen molar-refractivity contribution in [1.29, 1.82) is 0 Å². The second-order valence-corrected chi connectivity index (χ2v) is 36.0. The first-order valence-electron chi connectivity index (χ1n) is 43.4. The normalized spacial score (nSPS) is 13.8. The maximum Gasteiger partial charge on any atom is 0.212 e. The van der Waals surface area contributed by atoms with E-state index in [1.807, 2.05) is 49.1 Å². The molecule has 582 valence electrons. The maximum atomic E-state index is 7.67. The minimum Gasteiger partial charge on any atom is -0.361 e. The fraction of sp³-hybridized carbons (Fsp3) is 0.490. The Bertz CT molecular complexity index is 4820. The van der Waals surface area contributed by atoms with E-state index in [1.54, 1.807) is 24.5 Å². The summed E-state index contributed by atoms with van der Waals surface area (Å²) in [5.74, 6) is 0. The average molecular weight is 1460 g/mol. The van der Waals surface area contributed by atoms with E-state index in [-0.39, 0.29) is 37.9 Å². The molecule has 0 radical (unpaired) electrons. The van der Waals surface area contributed by atoms with Crippen LogP contribution in [0.15, 0.2) is 165 Å². The van der Waals surface area contributed by atoms with Crippen molar-refractivity contribution in [2.45, 2.75) is 290 Å². The molecule has 5 heterocycles. The lowest BCUT2D eigenvalue weighted by molar-refractivity contribution is -0.661. The number of benzene rings is 5. The first-order valence-corrected chi connectivity index (χ1v) is 40.4. The van der Waals surface area contributed by atoms with Crippen molar-refractivity contribution in [3.8, 4) is 45.0 Å². The smallest absolute Gasteiger partial charge is 0.212 e. The molecule has 0 fully saturated rings. The van der Waals surface area contributed by atoms with Gasteiger partial charge in [-0.2, -0.15) is 0 Å². The highest BCUT2D eigenvalue weighted by atomic mass is 15.3. The highest BCUT2D eigenvalue weighted by molar-refractivity contribution is 5.67. The molecule has 10 rings (SSSR count). The van der Waals surface area contributed by atoms with Crippen molar-refractivity contribution in [1.82, 2.24) is 4.90 Å². The summed E-state index contributed by atoms with van der Waals surface area (Å²) in [5.41, 5.74) is 33.0. The Morgan fingerprint density at radius 2 is 0.602 bits per heavy atom. The predicted molar refractivity (Wildman–Crippen MR) is 469 cm³/mol. The summed E-state index contributed by atoms with van der Waals surface area (Å²) in [4.78, 5) is 3.28. The third-order valence-electron chi connectivity index (χ3n) is 25.0. The van der Waals surface area contributed by atoms with Crippen LogP contribution in [-0.2, 0) is 66.1 Å². The Labute approximate surface area is 669 Å². The summed E-state index contributed by atoms with van der Waals surface area (Å²) < 4.78 is 54.1. The molecule has 0 saturated heterocycles. The summed E-state index contributed by atoms with van der Waals surface area (Å²) >= 11 is 0. The van der Waals surface area contributed by atoms with E-state index in [1.165, 1.54) is 111 Å². The number of para-hydroxylation sites is 1. The number of aryl methyl sites for hydroxylation is 13. The SMILES string of the molecule is CCC(C)(C)c1c[n+](C)c(-c2ccc(C)cc2C)cc1C.CCC(C)(C)c1cc(-c2ccc(C)cc2C)[n+](C)cc1C(C)(C)CC.CCC(C)(C)c1cc(-c2ccccc2C)[n+](C)cc1C(C)(C)CC.[2H]C([2H])([2H])N1C=CN(c2ccccc2C)C1.[2H]C([2H])([2H])c1ccc(-c2cc(C(C)(C)CC)c(C(C)(C)CC)c[n+]2C)c(C)c1. The largest absolute Gasteiger partial charge is 0.361 e. The summed E-state index contributed by atoms with van der Waals surface area (Å²) in [6.07, 6.45) is 20.6. The molecule has 1 aliphatic rings. The summed E-state index contributed by atoms with van der Waals surface area (Å²) in [6.45, 7) is 62.2. The minimum absolute atomic E-state index is 0.0668. The van der Waals surface area contributed by atoms with Crippen LogP contribution in [0.1, 0.15) is 288 Å². The van der Waals surface area contributed by atoms with Crippen LogP contribution in [0.5, 0.6) is 0 Å². The van der Waals surface area contributed by atoms with Crippen molar-refractivity contribution in [3.05, 3.63) is 254 Å². The van der Waals surface area contributed by atoms with Gasteiger partial charge < -0.3 is 9.80 Å². The molecular weight excluding hydrogens is 1310 g/mol. The highest BCUT2D eigenvalue weighted by Crippen LogP contribution is 2.43. The lowest BCUT2D eigenvalue weighted by atomic mass is 9.71. The first kappa shape index (κ1) is 79.6. The molecule has 1 aliphatic heterocycles. The van der Waals surface area contributed by atoms with Crippen molar-refractivity contribution in [3.63, 3.8) is 0 Å². The standard InChI is InChI=1S/2C24H36N.C23H34N.C20H28N.C11H14N2/c2*1-10-23(5,6)20-15-22(19-13-12-17(3)14-18(19)4)25(9)16-21(20)24(7,8)11-2;1-9-22(4,5)19-15-21(18-14-12-11-13-17(18)3)24(8)16-20(19)23(6,7)10-2;1-8-20(5,6)18-13-21(7)19(12-16(18)4)17-10-9-14(2)11-15(17)3;1-10-5-3-4-6-11(10)13-8-7-12(2)9-13/h2*12-16H,10-11H2,1-9H3;11-16H,9-10H2,1-8H3;9-13H,8H2,1-7H3;3-8H,9H2,1-2H3/q4*+1;/i3D3;;;;2D3. The number of hydrogen-bond acceptors (Lipinski definition) is 2. The minimum atomic E-state index is -2.07. The van der Waals surface area contributed by atoms with Gasteiger partial charge in [0.15, 0.2) is 24.8 Å². The van der Waals surface area contributed by atoms with Gasteiger partial charge in [-0.15, -0.1) is 0 Å². The van der Waals surface area contributed by atoms with Gasteiger partial charge in [0, 0.05) is 102 Å². The van der Waals surface area contributed by atoms with Crippen LogP contribution in [0.3, 0.4) is 0 Å². The molecule has 6 nitrogen and oxygen atoms in total. The van der Waals surface area contributed by atoms with Crippen LogP contribution in [0.25, 0.3) is 45.0 Å². The lowest BCUT2D eigenvalue weighted by Gasteiger charge is -2.32. The molecule has 0 unspecified atom stereocenters. The second kappa shape index (κ2) is 36.3. The van der Waals surface area contributed by atoms with Crippen molar-refractivity contribution >= 4 is 5.69 Å². The molecule has 4 aromatic heterocycles. The van der Waals surface area contributed by atoms with Crippen molar-refractivity contribution < 1.29 is 26.5 Å². The van der Waals surface area contributed by atoms with Gasteiger partial charge >= 0.3 is 0 Å². The Morgan fingerprint density at radius 1 is 0.306 bits per heavy atom. The zero-order valence-electron chi connectivity index (χ0n) is 79.9. The Morgan fingerprint density at radius 3 is 0.926 bits per heavy atom. The molecule has 0 atom stereocenters. The molecule has 9 aromatic rings. The van der Waals surface area contributed by atoms with Crippen LogP contribution in [0, 0.1) is 62.2 Å². The zero-order valence-corrected chi connectivity index (χ0v) is 73.9. The van der Waals surface area contributed by atoms with Crippen LogP contribution >= 0.6 is 0 Å². The summed E-state index contributed by atoms with van der Waals surface area (Å²) in [6, 6.07) is 45.1. The molecule has 0 bridgehead atoms. The van der Waals surface area contributed by atoms with Gasteiger partial charge in [0.1, 0.15) is 28.2 Å². The van der Waals surface area contributed by atoms with Crippen LogP contribution < -0.4 is 23.2 Å². The number of nitrogens with zero attached hydrogens (tertiary/aromatic N) is 6. The maximum absolute atomic E-state index is 7.67. The molecule has 108 heavy (non-hydrogen) atoms. The topological polar surface area (TPSA) is 22.0 Å². The van der Waals surface area contributed by atoms with Crippen LogP contribution in [-0.4, -0.2) is 18.5 Å². The third-order valence-corrected chi connectivity index (χ3v) is 25.0. The van der Waals surface area contributed by atoms with Gasteiger partial charge in [-0.05, 0) is 225 Å². The van der Waals surface area contributed by atoms with E-state index >= 15 is 0 Å². The summed E-state index contributed by atoms with van der Waals surface area (Å²) in [7, 11) is 8.61. The summed E-state index contributed by atoms with van der Waals surface area (Å²) in [5, 5.41) is 0. The van der Waals surface area contributed by atoms with Gasteiger partial charge in [0.2, 0.25) is 22.8 Å². The van der Waals surface area contributed by atoms with Gasteiger partial charge in [-0.1, -0.05) is 235 Å². The number of rotatable bonds is 19. The van der Waals surface area contributed by atoms with Crippen molar-refractivity contribution in [2.75, 3.05) is 18.5 Å². The monoisotopic (exact) mass is 1460 g/mol. The molecule has 5 aromatic carbocycles. The van der Waals surface area contributed by atoms with Gasteiger partial charge in [0.05, 0.1) is 6.67 Å². The number of aromatic nitrogens is 4. The Balaban J connectivity index is 0.000000224. The van der Waals surface area contributed by atoms with Crippen molar-refractivity contribution in [2.24, 2.45) is 28.2 Å². The molecule has 0 N–H and O–H groups in total. The quantitative estimate of drug-likeness (QED) is 0.0753. The molecular formula is C102H148N6+4. The van der Waals surface area contributed by atoms with Crippen LogP contribution in [0.4, 0.5) is 5.69 Å². The molecule has 0 saturated carbocycles. The number of anilines is 1. The van der Waals surface area contributed by atoms with Gasteiger partial charge in [-0.3, -0.25) is 0 Å². The van der Waals surface area contributed by atoms with E-state index in [0.717, 1.165) is 73.0 Å². The number of pyridine rings is 4. The fourth-order valence-corrected chi connectivity index (χ4v) is 14.6. The Kier molecular flexibility index (Phi) is 26.7. The van der Waals surface area contributed by atoms with Crippen LogP contribution in [0.2, 0.25) is 0 Å². The van der Waals surface area contributed by atoms with E-state index in [4.69, 9.17) is 8.22 Å². The van der Waals surface area contributed by atoms with E-state index < -0.39 is 13.8 Å². The van der Waals surface area contributed by atoms with Gasteiger partial charge in [-0.25, -0.2) is 18.3 Å². The average Bonchev–Trinajstić information content (AvgIpc) is 0.892. The third kappa shape index (κ3) is 21.1. The first-order chi connectivity index (χ1) is 52.6. The van der Waals surface area contributed by atoms with Gasteiger partial charge in [0.25, 0.3) is 0 Å². The molecule has 6 heteroatoms.